The Bertz CT molecular complexity index is 780. The highest BCUT2D eigenvalue weighted by Crippen LogP contribution is 2.27. The van der Waals surface area contributed by atoms with Crippen molar-refractivity contribution in [1.29, 1.82) is 0 Å². The summed E-state index contributed by atoms with van der Waals surface area (Å²) in [5.74, 6) is -0.350. The Balaban J connectivity index is 0.00000107. The van der Waals surface area contributed by atoms with Crippen LogP contribution in [0.25, 0.3) is 0 Å². The lowest BCUT2D eigenvalue weighted by molar-refractivity contribution is -0.127. The molecule has 11 nitrogen and oxygen atoms in total. The molecule has 3 rings (SSSR count). The lowest BCUT2D eigenvalue weighted by Gasteiger charge is -2.35. The number of hydrogen-bond acceptors (Lipinski definition) is 6. The zero-order valence-corrected chi connectivity index (χ0v) is 17.5. The molecule has 1 aliphatic rings. The molecule has 0 aliphatic heterocycles. The van der Waals surface area contributed by atoms with E-state index in [0.29, 0.717) is 31.7 Å². The molecule has 1 saturated carbocycles. The van der Waals surface area contributed by atoms with Crippen LogP contribution in [0.3, 0.4) is 0 Å². The molecule has 0 spiro atoms. The van der Waals surface area contributed by atoms with E-state index < -0.39 is 0 Å². The second kappa shape index (κ2) is 13.2. The zero-order chi connectivity index (χ0) is 22.5. The lowest BCUT2D eigenvalue weighted by Crippen LogP contribution is -2.50. The van der Waals surface area contributed by atoms with Gasteiger partial charge in [-0.05, 0) is 25.7 Å². The smallest absolute Gasteiger partial charge is 0.290 e. The largest absolute Gasteiger partial charge is 0.483 e. The van der Waals surface area contributed by atoms with Crippen molar-refractivity contribution in [2.45, 2.75) is 51.2 Å². The number of imidazole rings is 2. The van der Waals surface area contributed by atoms with Crippen LogP contribution in [-0.2, 0) is 20.7 Å². The third-order valence-electron chi connectivity index (χ3n) is 5.00. The Hall–Kier alpha value is -3.21. The second-order valence-electron chi connectivity index (χ2n) is 7.19. The first-order chi connectivity index (χ1) is 15.1. The topological polar surface area (TPSA) is 162 Å². The van der Waals surface area contributed by atoms with Crippen LogP contribution in [0.1, 0.15) is 48.8 Å². The number of nitrogens with zero attached hydrogens (tertiary/aromatic N) is 2. The molecule has 5 N–H and O–H groups in total. The molecule has 3 atom stereocenters. The van der Waals surface area contributed by atoms with Crippen molar-refractivity contribution in [3.05, 3.63) is 36.4 Å². The van der Waals surface area contributed by atoms with E-state index in [1.165, 1.54) is 12.5 Å². The fraction of sp³-hybridized carbons (Fsp3) is 0.550. The average molecular weight is 434 g/mol. The van der Waals surface area contributed by atoms with E-state index >= 15 is 0 Å². The number of H-pyrrole nitrogens is 2. The number of rotatable bonds is 9. The van der Waals surface area contributed by atoms with Crippen molar-refractivity contribution in [2.75, 3.05) is 13.2 Å². The summed E-state index contributed by atoms with van der Waals surface area (Å²) in [5, 5.41) is 12.9. The molecular formula is C20H30N6O5. The Morgan fingerprint density at radius 3 is 2.65 bits per heavy atom. The maximum Gasteiger partial charge on any atom is 0.290 e. The number of carbonyl (C=O) groups excluding carboxylic acids is 2. The summed E-state index contributed by atoms with van der Waals surface area (Å²) >= 11 is 0. The summed E-state index contributed by atoms with van der Waals surface area (Å²) in [6.07, 6.45) is 9.93. The van der Waals surface area contributed by atoms with Crippen LogP contribution in [0, 0.1) is 5.92 Å². The number of aromatic nitrogens is 4. The molecule has 0 aromatic carbocycles. The summed E-state index contributed by atoms with van der Waals surface area (Å²) in [7, 11) is 0. The van der Waals surface area contributed by atoms with Crippen LogP contribution in [0.4, 0.5) is 0 Å². The van der Waals surface area contributed by atoms with Crippen LogP contribution in [0.2, 0.25) is 0 Å². The van der Waals surface area contributed by atoms with E-state index in [-0.39, 0.29) is 36.4 Å². The van der Waals surface area contributed by atoms with E-state index in [9.17, 15) is 9.59 Å². The molecule has 2 aromatic rings. The van der Waals surface area contributed by atoms with Gasteiger partial charge in [-0.2, -0.15) is 0 Å². The molecule has 0 saturated heterocycles. The van der Waals surface area contributed by atoms with Gasteiger partial charge in [-0.3, -0.25) is 14.4 Å². The molecule has 0 bridgehead atoms. The number of ether oxygens (including phenoxy) is 1. The summed E-state index contributed by atoms with van der Waals surface area (Å²) in [6, 6.07) is -0.209. The van der Waals surface area contributed by atoms with Crippen LogP contribution >= 0.6 is 0 Å². The van der Waals surface area contributed by atoms with E-state index in [0.717, 1.165) is 25.0 Å². The molecule has 2 aromatic heterocycles. The SMILES string of the molecule is CCCO[C@@H]1CC[C@H](C(=O)NCCc2cnc[nH]2)C[C@H]1NC(=O)c1cnc[nH]1.O=CO. The maximum absolute atomic E-state index is 12.6. The van der Waals surface area contributed by atoms with Gasteiger partial charge in [0.1, 0.15) is 5.69 Å². The maximum atomic E-state index is 12.6. The van der Waals surface area contributed by atoms with Crippen molar-refractivity contribution in [1.82, 2.24) is 30.6 Å². The molecule has 0 unspecified atom stereocenters. The Labute approximate surface area is 180 Å². The molecule has 0 radical (unpaired) electrons. The van der Waals surface area contributed by atoms with Crippen molar-refractivity contribution >= 4 is 18.3 Å². The van der Waals surface area contributed by atoms with Gasteiger partial charge in [-0.15, -0.1) is 0 Å². The highest BCUT2D eigenvalue weighted by Gasteiger charge is 2.35. The number of carboxylic acid groups (broad SMARTS) is 1. The Morgan fingerprint density at radius 2 is 2.00 bits per heavy atom. The molecule has 2 heterocycles. The number of amides is 2. The summed E-state index contributed by atoms with van der Waals surface area (Å²) in [6.45, 7) is 3.00. The van der Waals surface area contributed by atoms with Crippen molar-refractivity contribution in [3.63, 3.8) is 0 Å². The van der Waals surface area contributed by atoms with Crippen molar-refractivity contribution in [3.8, 4) is 0 Å². The van der Waals surface area contributed by atoms with Gasteiger partial charge in [-0.1, -0.05) is 6.92 Å². The predicted octanol–water partition coefficient (Wildman–Crippen LogP) is 0.886. The number of aromatic amines is 2. The fourth-order valence-corrected chi connectivity index (χ4v) is 3.51. The minimum Gasteiger partial charge on any atom is -0.483 e. The first-order valence-corrected chi connectivity index (χ1v) is 10.3. The first-order valence-electron chi connectivity index (χ1n) is 10.3. The van der Waals surface area contributed by atoms with E-state index in [1.54, 1.807) is 12.5 Å². The van der Waals surface area contributed by atoms with Crippen molar-refractivity contribution < 1.29 is 24.2 Å². The summed E-state index contributed by atoms with van der Waals surface area (Å²) in [5.41, 5.74) is 1.39. The van der Waals surface area contributed by atoms with Crippen LogP contribution in [0.5, 0.6) is 0 Å². The van der Waals surface area contributed by atoms with Crippen LogP contribution < -0.4 is 10.6 Å². The predicted molar refractivity (Wildman–Crippen MR) is 111 cm³/mol. The van der Waals surface area contributed by atoms with Gasteiger partial charge < -0.3 is 30.4 Å². The van der Waals surface area contributed by atoms with E-state index in [2.05, 4.69) is 37.5 Å². The molecule has 170 valence electrons. The fourth-order valence-electron chi connectivity index (χ4n) is 3.51. The van der Waals surface area contributed by atoms with Crippen molar-refractivity contribution in [2.24, 2.45) is 5.92 Å². The molecule has 11 heteroatoms. The second-order valence-corrected chi connectivity index (χ2v) is 7.19. The quantitative estimate of drug-likeness (QED) is 0.366. The summed E-state index contributed by atoms with van der Waals surface area (Å²) < 4.78 is 5.94. The third-order valence-corrected chi connectivity index (χ3v) is 5.00. The minimum absolute atomic E-state index is 0.0225. The van der Waals surface area contributed by atoms with Gasteiger partial charge in [0.05, 0.1) is 31.0 Å². The van der Waals surface area contributed by atoms with Gasteiger partial charge in [0.25, 0.3) is 12.4 Å². The number of carbonyl (C=O) groups is 3. The molecule has 1 aliphatic carbocycles. The molecule has 2 amide bonds. The van der Waals surface area contributed by atoms with Gasteiger partial charge >= 0.3 is 0 Å². The Morgan fingerprint density at radius 1 is 1.26 bits per heavy atom. The number of nitrogens with one attached hydrogen (secondary N) is 4. The first kappa shape index (κ1) is 24.1. The molecule has 1 fully saturated rings. The highest BCUT2D eigenvalue weighted by molar-refractivity contribution is 5.92. The highest BCUT2D eigenvalue weighted by atomic mass is 16.5. The normalized spacial score (nSPS) is 20.2. The average Bonchev–Trinajstić information content (AvgIpc) is 3.47. The lowest BCUT2D eigenvalue weighted by atomic mass is 9.83. The van der Waals surface area contributed by atoms with Crippen LogP contribution in [-0.4, -0.2) is 68.6 Å². The standard InChI is InChI=1S/C19H28N6O3.CH2O2/c1-2-7-28-17-4-3-13(18(26)22-6-5-14-9-20-11-23-14)8-15(17)25-19(27)16-10-21-12-24-16;2-1-3/h9-13,15,17H,2-8H2,1H3,(H,20,23)(H,21,24)(H,22,26)(H,25,27);1H,(H,2,3)/t13-,15+,17+;/m0./s1. The minimum atomic E-state index is -0.250. The summed E-state index contributed by atoms with van der Waals surface area (Å²) in [4.78, 5) is 47.1. The van der Waals surface area contributed by atoms with E-state index in [4.69, 9.17) is 14.6 Å². The van der Waals surface area contributed by atoms with Gasteiger partial charge in [-0.25, -0.2) is 9.97 Å². The van der Waals surface area contributed by atoms with Gasteiger partial charge in [0.2, 0.25) is 5.91 Å². The third kappa shape index (κ3) is 7.85. The van der Waals surface area contributed by atoms with Gasteiger partial charge in [0, 0.05) is 37.4 Å². The number of hydrogen-bond donors (Lipinski definition) is 5. The van der Waals surface area contributed by atoms with E-state index in [1.807, 2.05) is 0 Å². The monoisotopic (exact) mass is 434 g/mol. The zero-order valence-electron chi connectivity index (χ0n) is 17.5. The molecular weight excluding hydrogens is 404 g/mol. The van der Waals surface area contributed by atoms with Crippen LogP contribution in [0.15, 0.2) is 25.0 Å². The molecule has 31 heavy (non-hydrogen) atoms. The van der Waals surface area contributed by atoms with Gasteiger partial charge in [0.15, 0.2) is 0 Å². The Kier molecular flexibility index (Phi) is 10.2.